The molecule has 0 saturated carbocycles. The molecule has 0 aliphatic carbocycles. The fraction of sp³-hybridized carbons (Fsp3) is 0.731. The van der Waals surface area contributed by atoms with E-state index in [-0.39, 0.29) is 35.6 Å². The third kappa shape index (κ3) is 4.11. The van der Waals surface area contributed by atoms with Gasteiger partial charge >= 0.3 is 5.97 Å². The first kappa shape index (κ1) is 25.3. The first-order valence-corrected chi connectivity index (χ1v) is 13.7. The summed E-state index contributed by atoms with van der Waals surface area (Å²) in [5.74, 6) is -1.95. The van der Waals surface area contributed by atoms with Crippen molar-refractivity contribution in [3.63, 3.8) is 0 Å². The van der Waals surface area contributed by atoms with Gasteiger partial charge in [0.05, 0.1) is 35.8 Å². The van der Waals surface area contributed by atoms with Crippen LogP contribution >= 0.6 is 11.8 Å². The van der Waals surface area contributed by atoms with Crippen molar-refractivity contribution in [3.05, 3.63) is 24.3 Å². The monoisotopic (exact) mass is 490 g/mol. The van der Waals surface area contributed by atoms with Gasteiger partial charge in [-0.3, -0.25) is 14.4 Å². The van der Waals surface area contributed by atoms with Crippen LogP contribution in [0.1, 0.15) is 52.9 Å². The van der Waals surface area contributed by atoms with Gasteiger partial charge in [-0.2, -0.15) is 0 Å². The van der Waals surface area contributed by atoms with Crippen molar-refractivity contribution >= 4 is 29.5 Å². The summed E-state index contributed by atoms with van der Waals surface area (Å²) in [6.07, 6.45) is 12.4. The molecule has 4 aliphatic heterocycles. The summed E-state index contributed by atoms with van der Waals surface area (Å²) in [6.45, 7) is 7.38. The lowest BCUT2D eigenvalue weighted by molar-refractivity contribution is -0.154. The quantitative estimate of drug-likeness (QED) is 0.436. The zero-order chi connectivity index (χ0) is 24.5. The van der Waals surface area contributed by atoms with Crippen LogP contribution in [-0.2, 0) is 19.1 Å². The number of unbranched alkanes of at least 4 members (excludes halogenated alkanes) is 1. The summed E-state index contributed by atoms with van der Waals surface area (Å²) in [7, 11) is 0. The molecule has 0 radical (unpaired) electrons. The minimum Gasteiger partial charge on any atom is -0.465 e. The lowest BCUT2D eigenvalue weighted by Crippen LogP contribution is -2.57. The molecule has 2 amide bonds. The van der Waals surface area contributed by atoms with E-state index in [4.69, 9.17) is 4.74 Å². The zero-order valence-corrected chi connectivity index (χ0v) is 21.3. The molecule has 1 N–H and O–H groups in total. The number of likely N-dealkylation sites (tertiary alicyclic amines) is 1. The number of carbonyl (C=O) groups excluding carboxylic acids is 3. The number of carbonyl (C=O) groups is 3. The number of thioether (sulfide) groups is 1. The second-order valence-corrected chi connectivity index (χ2v) is 11.5. The van der Waals surface area contributed by atoms with E-state index >= 15 is 0 Å². The molecule has 1 unspecified atom stereocenters. The molecule has 0 aromatic heterocycles. The van der Waals surface area contributed by atoms with Crippen molar-refractivity contribution in [2.24, 2.45) is 17.8 Å². The van der Waals surface area contributed by atoms with Gasteiger partial charge in [0.15, 0.2) is 0 Å². The van der Waals surface area contributed by atoms with Crippen molar-refractivity contribution in [2.75, 3.05) is 26.3 Å². The molecule has 8 heteroatoms. The standard InChI is InChI=1S/C26H38N2O5S/c1-4-6-13-27-14-10-12-26-21(20-19(34-26)11-8-7-9-15-33-25(20)32)23(30)28(22(26)24(27)31)18(16-29)17(3)5-2/h8,10-12,17-22,29H,4-7,9,13-16H2,1-3H3/b11-8-/t17-,18-,19+,20-,21-,22?,26-/m0/s1. The molecule has 188 valence electrons. The number of hydrogen-bond acceptors (Lipinski definition) is 6. The molecule has 0 bridgehead atoms. The van der Waals surface area contributed by atoms with E-state index in [0.29, 0.717) is 19.7 Å². The molecule has 4 rings (SSSR count). The van der Waals surface area contributed by atoms with Crippen LogP contribution in [-0.4, -0.2) is 81.1 Å². The first-order chi connectivity index (χ1) is 16.4. The minimum absolute atomic E-state index is 0.0159. The number of amides is 2. The highest BCUT2D eigenvalue weighted by Gasteiger charge is 2.71. The highest BCUT2D eigenvalue weighted by molar-refractivity contribution is 8.02. The number of rotatable bonds is 7. The van der Waals surface area contributed by atoms with Crippen molar-refractivity contribution < 1.29 is 24.2 Å². The Hall–Kier alpha value is -1.80. The van der Waals surface area contributed by atoms with Gasteiger partial charge in [0.2, 0.25) is 11.8 Å². The predicted octanol–water partition coefficient (Wildman–Crippen LogP) is 2.78. The predicted molar refractivity (Wildman–Crippen MR) is 132 cm³/mol. The molecule has 2 fully saturated rings. The molecular formula is C26H38N2O5S. The maximum atomic E-state index is 14.2. The van der Waals surface area contributed by atoms with E-state index in [1.807, 2.05) is 37.0 Å². The van der Waals surface area contributed by atoms with Crippen LogP contribution in [0, 0.1) is 17.8 Å². The second-order valence-electron chi connectivity index (χ2n) is 10.0. The normalized spacial score (nSPS) is 35.9. The molecule has 0 aromatic rings. The van der Waals surface area contributed by atoms with E-state index in [1.54, 1.807) is 16.7 Å². The number of nitrogens with zero attached hydrogens (tertiary/aromatic N) is 2. The minimum atomic E-state index is -0.853. The Balaban J connectivity index is 1.84. The average Bonchev–Trinajstić information content (AvgIpc) is 3.24. The summed E-state index contributed by atoms with van der Waals surface area (Å²) in [5.41, 5.74) is 0. The Morgan fingerprint density at radius 3 is 2.74 bits per heavy atom. The SMILES string of the molecule is CCCCN1CC=C[C@]23S[C@@H]4/C=C\CCCOC(=O)[C@@H]4[C@H]2C(=O)N([C@@H](CO)[C@@H](C)CC)C3C1=O. The van der Waals surface area contributed by atoms with Crippen LogP contribution in [0.2, 0.25) is 0 Å². The average molecular weight is 491 g/mol. The van der Waals surface area contributed by atoms with Gasteiger partial charge in [-0.25, -0.2) is 0 Å². The molecule has 1 spiro atoms. The molecule has 7 atom stereocenters. The van der Waals surface area contributed by atoms with Crippen molar-refractivity contribution in [2.45, 2.75) is 75.0 Å². The summed E-state index contributed by atoms with van der Waals surface area (Å²) in [6, 6.07) is -1.22. The van der Waals surface area contributed by atoms with E-state index in [2.05, 4.69) is 13.0 Å². The number of esters is 1. The van der Waals surface area contributed by atoms with Gasteiger partial charge in [0.1, 0.15) is 6.04 Å². The van der Waals surface area contributed by atoms with Crippen LogP contribution in [0.5, 0.6) is 0 Å². The third-order valence-corrected chi connectivity index (χ3v) is 9.74. The van der Waals surface area contributed by atoms with Gasteiger partial charge in [-0.05, 0) is 25.2 Å². The topological polar surface area (TPSA) is 87.2 Å². The fourth-order valence-corrected chi connectivity index (χ4v) is 7.95. The molecule has 4 aliphatic rings. The molecule has 2 saturated heterocycles. The highest BCUT2D eigenvalue weighted by atomic mass is 32.2. The Bertz CT molecular complexity index is 860. The fourth-order valence-electron chi connectivity index (χ4n) is 5.96. The Kier molecular flexibility index (Phi) is 7.77. The van der Waals surface area contributed by atoms with Crippen molar-refractivity contribution in [1.82, 2.24) is 9.80 Å². The lowest BCUT2D eigenvalue weighted by atomic mass is 9.78. The Morgan fingerprint density at radius 1 is 1.24 bits per heavy atom. The second kappa shape index (κ2) is 10.4. The largest absolute Gasteiger partial charge is 0.465 e. The Labute approximate surface area is 206 Å². The summed E-state index contributed by atoms with van der Waals surface area (Å²) >= 11 is 1.56. The summed E-state index contributed by atoms with van der Waals surface area (Å²) in [5, 5.41) is 10.2. The van der Waals surface area contributed by atoms with Crippen molar-refractivity contribution in [1.29, 1.82) is 0 Å². The van der Waals surface area contributed by atoms with E-state index < -0.39 is 28.7 Å². The van der Waals surface area contributed by atoms with Gasteiger partial charge in [-0.15, -0.1) is 11.8 Å². The van der Waals surface area contributed by atoms with Gasteiger partial charge in [0, 0.05) is 18.3 Å². The van der Waals surface area contributed by atoms with Gasteiger partial charge in [-0.1, -0.05) is 57.9 Å². The van der Waals surface area contributed by atoms with Crippen LogP contribution < -0.4 is 0 Å². The number of ether oxygens (including phenoxy) is 1. The number of hydrogen-bond donors (Lipinski definition) is 1. The molecule has 7 nitrogen and oxygen atoms in total. The van der Waals surface area contributed by atoms with Crippen LogP contribution in [0.25, 0.3) is 0 Å². The number of allylic oxidation sites excluding steroid dienone is 1. The first-order valence-electron chi connectivity index (χ1n) is 12.8. The molecular weight excluding hydrogens is 452 g/mol. The number of cyclic esters (lactones) is 1. The molecule has 0 aromatic carbocycles. The number of aliphatic hydroxyl groups excluding tert-OH is 1. The zero-order valence-electron chi connectivity index (χ0n) is 20.5. The van der Waals surface area contributed by atoms with E-state index in [1.165, 1.54) is 0 Å². The van der Waals surface area contributed by atoms with E-state index in [0.717, 1.165) is 32.1 Å². The van der Waals surface area contributed by atoms with Crippen LogP contribution in [0.3, 0.4) is 0 Å². The number of fused-ring (bicyclic) bond motifs is 2. The summed E-state index contributed by atoms with van der Waals surface area (Å²) < 4.78 is 4.75. The summed E-state index contributed by atoms with van der Waals surface area (Å²) in [4.78, 5) is 45.1. The third-order valence-electron chi connectivity index (χ3n) is 8.00. The van der Waals surface area contributed by atoms with E-state index in [9.17, 15) is 19.5 Å². The lowest BCUT2D eigenvalue weighted by Gasteiger charge is -2.40. The van der Waals surface area contributed by atoms with Crippen molar-refractivity contribution in [3.8, 4) is 0 Å². The maximum absolute atomic E-state index is 14.2. The van der Waals surface area contributed by atoms with Gasteiger partial charge in [0.25, 0.3) is 0 Å². The smallest absolute Gasteiger partial charge is 0.311 e. The van der Waals surface area contributed by atoms with Crippen LogP contribution in [0.4, 0.5) is 0 Å². The maximum Gasteiger partial charge on any atom is 0.311 e. The Morgan fingerprint density at radius 2 is 2.03 bits per heavy atom. The molecule has 34 heavy (non-hydrogen) atoms. The van der Waals surface area contributed by atoms with Crippen LogP contribution in [0.15, 0.2) is 24.3 Å². The van der Waals surface area contributed by atoms with Gasteiger partial charge < -0.3 is 19.6 Å². The molecule has 4 heterocycles. The number of aliphatic hydroxyl groups is 1. The highest BCUT2D eigenvalue weighted by Crippen LogP contribution is 2.61.